The van der Waals surface area contributed by atoms with Crippen LogP contribution in [0.2, 0.25) is 0 Å². The van der Waals surface area contributed by atoms with Crippen LogP contribution in [-0.2, 0) is 9.53 Å². The predicted octanol–water partition coefficient (Wildman–Crippen LogP) is -0.894. The third kappa shape index (κ3) is 4.60. The summed E-state index contributed by atoms with van der Waals surface area (Å²) in [4.78, 5) is 33.1. The monoisotopic (exact) mass is 323 g/mol. The molecule has 1 aliphatic rings. The van der Waals surface area contributed by atoms with Crippen molar-refractivity contribution in [2.24, 2.45) is 0 Å². The van der Waals surface area contributed by atoms with Gasteiger partial charge in [0.15, 0.2) is 0 Å². The molecule has 1 amide bonds. The highest BCUT2D eigenvalue weighted by atomic mass is 16.5. The lowest BCUT2D eigenvalue weighted by atomic mass is 10.2. The van der Waals surface area contributed by atoms with E-state index in [2.05, 4.69) is 20.6 Å². The number of hydrogen-bond donors (Lipinski definition) is 3. The summed E-state index contributed by atoms with van der Waals surface area (Å²) >= 11 is 0. The van der Waals surface area contributed by atoms with Crippen molar-refractivity contribution < 1.29 is 19.4 Å². The maximum Gasteiger partial charge on any atom is 0.327 e. The average Bonchev–Trinajstić information content (AvgIpc) is 2.58. The van der Waals surface area contributed by atoms with Crippen LogP contribution in [0.3, 0.4) is 0 Å². The van der Waals surface area contributed by atoms with Crippen molar-refractivity contribution >= 4 is 17.8 Å². The summed E-state index contributed by atoms with van der Waals surface area (Å²) < 4.78 is 5.14. The standard InChI is InChI=1S/C14H21N5O4/c1-2-23-6-4-16-12(20)10-7-17-14(18-8-10)19-5-3-15-9-11(19)13(21)22/h7-8,11,15H,2-6,9H2,1H3,(H,16,20)(H,21,22)/t11-/m1/s1. The van der Waals surface area contributed by atoms with Gasteiger partial charge in [0.25, 0.3) is 5.91 Å². The van der Waals surface area contributed by atoms with Gasteiger partial charge < -0.3 is 25.4 Å². The van der Waals surface area contributed by atoms with E-state index in [0.717, 1.165) is 0 Å². The second-order valence-corrected chi connectivity index (χ2v) is 4.98. The molecule has 9 nitrogen and oxygen atoms in total. The molecule has 1 aromatic rings. The fraction of sp³-hybridized carbons (Fsp3) is 0.571. The van der Waals surface area contributed by atoms with E-state index in [4.69, 9.17) is 4.74 Å². The van der Waals surface area contributed by atoms with Crippen LogP contribution in [0.4, 0.5) is 5.95 Å². The van der Waals surface area contributed by atoms with E-state index >= 15 is 0 Å². The zero-order chi connectivity index (χ0) is 16.7. The van der Waals surface area contributed by atoms with E-state index in [0.29, 0.717) is 50.9 Å². The fourth-order valence-corrected chi connectivity index (χ4v) is 2.23. The third-order valence-corrected chi connectivity index (χ3v) is 3.42. The molecule has 3 N–H and O–H groups in total. The summed E-state index contributed by atoms with van der Waals surface area (Å²) in [5, 5.41) is 15.0. The van der Waals surface area contributed by atoms with Crippen molar-refractivity contribution in [2.45, 2.75) is 13.0 Å². The predicted molar refractivity (Wildman–Crippen MR) is 82.5 cm³/mol. The summed E-state index contributed by atoms with van der Waals surface area (Å²) in [7, 11) is 0. The number of piperazine rings is 1. The van der Waals surface area contributed by atoms with Crippen LogP contribution in [-0.4, -0.2) is 72.4 Å². The van der Waals surface area contributed by atoms with Crippen molar-refractivity contribution in [3.05, 3.63) is 18.0 Å². The minimum Gasteiger partial charge on any atom is -0.480 e. The first kappa shape index (κ1) is 17.1. The topological polar surface area (TPSA) is 117 Å². The van der Waals surface area contributed by atoms with E-state index in [1.54, 1.807) is 4.90 Å². The van der Waals surface area contributed by atoms with Crippen LogP contribution in [0.1, 0.15) is 17.3 Å². The number of nitrogens with zero attached hydrogens (tertiary/aromatic N) is 3. The number of ether oxygens (including phenoxy) is 1. The number of aliphatic carboxylic acids is 1. The van der Waals surface area contributed by atoms with Crippen molar-refractivity contribution in [3.8, 4) is 0 Å². The molecule has 0 aliphatic carbocycles. The minimum absolute atomic E-state index is 0.286. The molecule has 1 saturated heterocycles. The Morgan fingerprint density at radius 3 is 2.87 bits per heavy atom. The highest BCUT2D eigenvalue weighted by Gasteiger charge is 2.30. The third-order valence-electron chi connectivity index (χ3n) is 3.42. The van der Waals surface area contributed by atoms with Crippen LogP contribution < -0.4 is 15.5 Å². The number of amides is 1. The van der Waals surface area contributed by atoms with Gasteiger partial charge in [-0.05, 0) is 6.92 Å². The summed E-state index contributed by atoms with van der Waals surface area (Å²) in [6, 6.07) is -0.713. The van der Waals surface area contributed by atoms with Gasteiger partial charge in [-0.1, -0.05) is 0 Å². The molecular formula is C14H21N5O4. The molecule has 23 heavy (non-hydrogen) atoms. The van der Waals surface area contributed by atoms with Gasteiger partial charge in [0.05, 0.1) is 12.2 Å². The normalized spacial score (nSPS) is 17.8. The lowest BCUT2D eigenvalue weighted by Crippen LogP contribution is -2.55. The Morgan fingerprint density at radius 2 is 2.22 bits per heavy atom. The number of carbonyl (C=O) groups excluding carboxylic acids is 1. The molecule has 0 aromatic carbocycles. The van der Waals surface area contributed by atoms with Gasteiger partial charge in [0, 0.05) is 45.2 Å². The second-order valence-electron chi connectivity index (χ2n) is 4.98. The van der Waals surface area contributed by atoms with E-state index in [-0.39, 0.29) is 5.91 Å². The van der Waals surface area contributed by atoms with E-state index < -0.39 is 12.0 Å². The lowest BCUT2D eigenvalue weighted by Gasteiger charge is -2.33. The SMILES string of the molecule is CCOCCNC(=O)c1cnc(N2CCNC[C@@H]2C(=O)O)nc1. The number of nitrogens with one attached hydrogen (secondary N) is 2. The van der Waals surface area contributed by atoms with E-state index in [9.17, 15) is 14.7 Å². The van der Waals surface area contributed by atoms with Crippen molar-refractivity contribution in [1.29, 1.82) is 0 Å². The Bertz CT molecular complexity index is 536. The fourth-order valence-electron chi connectivity index (χ4n) is 2.23. The lowest BCUT2D eigenvalue weighted by molar-refractivity contribution is -0.138. The van der Waals surface area contributed by atoms with Crippen LogP contribution in [0.25, 0.3) is 0 Å². The Morgan fingerprint density at radius 1 is 1.48 bits per heavy atom. The Labute approximate surface area is 134 Å². The second kappa shape index (κ2) is 8.39. The van der Waals surface area contributed by atoms with Gasteiger partial charge in [-0.25, -0.2) is 14.8 Å². The van der Waals surface area contributed by atoms with Gasteiger partial charge in [-0.15, -0.1) is 0 Å². The maximum atomic E-state index is 11.9. The smallest absolute Gasteiger partial charge is 0.327 e. The number of carboxylic acid groups (broad SMARTS) is 1. The number of carboxylic acids is 1. The number of anilines is 1. The summed E-state index contributed by atoms with van der Waals surface area (Å²) in [6.07, 6.45) is 2.80. The molecule has 1 aromatic heterocycles. The van der Waals surface area contributed by atoms with Crippen molar-refractivity contribution in [1.82, 2.24) is 20.6 Å². The molecule has 2 rings (SSSR count). The largest absolute Gasteiger partial charge is 0.480 e. The van der Waals surface area contributed by atoms with Crippen LogP contribution in [0.15, 0.2) is 12.4 Å². The summed E-state index contributed by atoms with van der Waals surface area (Å²) in [5.41, 5.74) is 0.326. The van der Waals surface area contributed by atoms with Gasteiger partial charge in [-0.3, -0.25) is 4.79 Å². The number of hydrogen-bond acceptors (Lipinski definition) is 7. The number of rotatable bonds is 7. The van der Waals surface area contributed by atoms with Gasteiger partial charge in [0.1, 0.15) is 6.04 Å². The molecule has 1 atom stereocenters. The molecule has 0 bridgehead atoms. The molecule has 0 unspecified atom stereocenters. The van der Waals surface area contributed by atoms with Crippen LogP contribution in [0, 0.1) is 0 Å². The molecule has 2 heterocycles. The summed E-state index contributed by atoms with van der Waals surface area (Å²) in [6.45, 7) is 4.83. The molecule has 9 heteroatoms. The molecule has 1 aliphatic heterocycles. The maximum absolute atomic E-state index is 11.9. The molecule has 126 valence electrons. The first-order chi connectivity index (χ1) is 11.1. The first-order valence-electron chi connectivity index (χ1n) is 7.51. The molecule has 0 spiro atoms. The van der Waals surface area contributed by atoms with Crippen LogP contribution in [0.5, 0.6) is 0 Å². The molecule has 0 saturated carbocycles. The number of carbonyl (C=O) groups is 2. The zero-order valence-electron chi connectivity index (χ0n) is 13.0. The Balaban J connectivity index is 1.98. The molecule has 1 fully saturated rings. The van der Waals surface area contributed by atoms with E-state index in [1.807, 2.05) is 6.92 Å². The summed E-state index contributed by atoms with van der Waals surface area (Å²) in [5.74, 6) is -0.908. The Kier molecular flexibility index (Phi) is 6.24. The van der Waals surface area contributed by atoms with E-state index in [1.165, 1.54) is 12.4 Å². The van der Waals surface area contributed by atoms with Gasteiger partial charge in [-0.2, -0.15) is 0 Å². The highest BCUT2D eigenvalue weighted by Crippen LogP contribution is 2.13. The Hall–Kier alpha value is -2.26. The van der Waals surface area contributed by atoms with Crippen LogP contribution >= 0.6 is 0 Å². The zero-order valence-corrected chi connectivity index (χ0v) is 13.0. The van der Waals surface area contributed by atoms with Crippen molar-refractivity contribution in [2.75, 3.05) is 44.3 Å². The average molecular weight is 323 g/mol. The highest BCUT2D eigenvalue weighted by molar-refractivity contribution is 5.93. The first-order valence-corrected chi connectivity index (χ1v) is 7.51. The van der Waals surface area contributed by atoms with Gasteiger partial charge >= 0.3 is 5.97 Å². The number of aromatic nitrogens is 2. The van der Waals surface area contributed by atoms with Crippen molar-refractivity contribution in [3.63, 3.8) is 0 Å². The molecule has 0 radical (unpaired) electrons. The van der Waals surface area contributed by atoms with Gasteiger partial charge in [0.2, 0.25) is 5.95 Å². The molecular weight excluding hydrogens is 302 g/mol. The quantitative estimate of drug-likeness (QED) is 0.553. The minimum atomic E-state index is -0.932.